The lowest BCUT2D eigenvalue weighted by molar-refractivity contribution is 1.09. The van der Waals surface area contributed by atoms with Crippen LogP contribution in [0.1, 0.15) is 23.6 Å². The van der Waals surface area contributed by atoms with Gasteiger partial charge in [-0.15, -0.1) is 0 Å². The molecule has 0 bridgehead atoms. The second-order valence-electron chi connectivity index (χ2n) is 3.45. The van der Waals surface area contributed by atoms with Gasteiger partial charge in [0.25, 0.3) is 0 Å². The Balaban J connectivity index is 2.10. The number of hydrogen-bond acceptors (Lipinski definition) is 1. The predicted molar refractivity (Wildman–Crippen MR) is 57.2 cm³/mol. The highest BCUT2D eigenvalue weighted by molar-refractivity contribution is 5.26. The summed E-state index contributed by atoms with van der Waals surface area (Å²) in [6.07, 6.45) is 5.87. The van der Waals surface area contributed by atoms with Crippen molar-refractivity contribution >= 4 is 0 Å². The molecule has 0 spiro atoms. The summed E-state index contributed by atoms with van der Waals surface area (Å²) in [4.78, 5) is 0. The second-order valence-corrected chi connectivity index (χ2v) is 3.45. The molecule has 0 unspecified atom stereocenters. The molecule has 0 aliphatic rings. The average molecular weight is 186 g/mol. The normalized spacial score (nSPS) is 10.4. The molecule has 72 valence electrons. The molecular weight excluding hydrogens is 172 g/mol. The van der Waals surface area contributed by atoms with Crippen LogP contribution < -0.4 is 0 Å². The Morgan fingerprint density at radius 1 is 1.07 bits per heavy atom. The van der Waals surface area contributed by atoms with Crippen LogP contribution in [-0.4, -0.2) is 10.2 Å². The quantitative estimate of drug-likeness (QED) is 0.784. The van der Waals surface area contributed by atoms with Gasteiger partial charge in [-0.05, 0) is 23.1 Å². The molecule has 1 heterocycles. The fraction of sp³-hybridized carbons (Fsp3) is 0.250. The summed E-state index contributed by atoms with van der Waals surface area (Å²) in [7, 11) is 0. The minimum atomic E-state index is 0.959. The molecule has 0 atom stereocenters. The fourth-order valence-corrected chi connectivity index (χ4v) is 1.50. The van der Waals surface area contributed by atoms with Gasteiger partial charge in [-0.25, -0.2) is 0 Å². The molecule has 0 aliphatic heterocycles. The highest BCUT2D eigenvalue weighted by atomic mass is 15.1. The average Bonchev–Trinajstić information content (AvgIpc) is 2.72. The van der Waals surface area contributed by atoms with Gasteiger partial charge in [0, 0.05) is 12.6 Å². The van der Waals surface area contributed by atoms with Gasteiger partial charge in [0.15, 0.2) is 0 Å². The first-order valence-corrected chi connectivity index (χ1v) is 4.94. The van der Waals surface area contributed by atoms with Crippen molar-refractivity contribution in [3.63, 3.8) is 0 Å². The van der Waals surface area contributed by atoms with E-state index in [0.717, 1.165) is 12.8 Å². The Hall–Kier alpha value is -1.57. The van der Waals surface area contributed by atoms with Crippen molar-refractivity contribution in [3.8, 4) is 0 Å². The Kier molecular flexibility index (Phi) is 2.63. The summed E-state index contributed by atoms with van der Waals surface area (Å²) in [5, 5.41) is 6.75. The summed E-state index contributed by atoms with van der Waals surface area (Å²) < 4.78 is 0. The van der Waals surface area contributed by atoms with Gasteiger partial charge < -0.3 is 0 Å². The zero-order valence-electron chi connectivity index (χ0n) is 8.33. The van der Waals surface area contributed by atoms with E-state index in [9.17, 15) is 0 Å². The van der Waals surface area contributed by atoms with Crippen LogP contribution in [0.25, 0.3) is 0 Å². The first kappa shape index (κ1) is 9.00. The lowest BCUT2D eigenvalue weighted by Crippen LogP contribution is -1.86. The van der Waals surface area contributed by atoms with Crippen LogP contribution in [0.3, 0.4) is 0 Å². The molecule has 0 radical (unpaired) electrons. The molecular formula is C12H14N2. The van der Waals surface area contributed by atoms with Crippen molar-refractivity contribution < 1.29 is 0 Å². The van der Waals surface area contributed by atoms with E-state index >= 15 is 0 Å². The number of rotatable bonds is 3. The lowest BCUT2D eigenvalue weighted by atomic mass is 10.1. The lowest BCUT2D eigenvalue weighted by Gasteiger charge is -2.00. The molecule has 1 N–H and O–H groups in total. The van der Waals surface area contributed by atoms with Crippen molar-refractivity contribution in [1.29, 1.82) is 0 Å². The maximum absolute atomic E-state index is 3.93. The number of aryl methyl sites for hydroxylation is 1. The van der Waals surface area contributed by atoms with Crippen LogP contribution in [-0.2, 0) is 12.8 Å². The van der Waals surface area contributed by atoms with E-state index in [-0.39, 0.29) is 0 Å². The third-order valence-corrected chi connectivity index (χ3v) is 2.39. The minimum Gasteiger partial charge on any atom is -0.285 e. The Labute approximate surface area is 84.0 Å². The maximum atomic E-state index is 3.93. The van der Waals surface area contributed by atoms with Crippen molar-refractivity contribution in [1.82, 2.24) is 10.2 Å². The van der Waals surface area contributed by atoms with Crippen molar-refractivity contribution in [2.75, 3.05) is 0 Å². The number of aromatic nitrogens is 2. The summed E-state index contributed by atoms with van der Waals surface area (Å²) >= 11 is 0. The molecule has 14 heavy (non-hydrogen) atoms. The standard InChI is InChI=1S/C12H14N2/c1-2-10-3-5-11(6-4-10)7-12-8-13-14-9-12/h3-6,8-9H,2,7H2,1H3,(H,13,14). The predicted octanol–water partition coefficient (Wildman–Crippen LogP) is 2.56. The summed E-state index contributed by atoms with van der Waals surface area (Å²) in [6.45, 7) is 2.17. The fourth-order valence-electron chi connectivity index (χ4n) is 1.50. The minimum absolute atomic E-state index is 0.959. The van der Waals surface area contributed by atoms with Crippen LogP contribution in [0.4, 0.5) is 0 Å². The Bertz CT molecular complexity index is 373. The van der Waals surface area contributed by atoms with Gasteiger partial charge >= 0.3 is 0 Å². The van der Waals surface area contributed by atoms with Crippen LogP contribution in [0, 0.1) is 0 Å². The van der Waals surface area contributed by atoms with Gasteiger partial charge in [0.1, 0.15) is 0 Å². The number of aromatic amines is 1. The molecule has 2 heteroatoms. The van der Waals surface area contributed by atoms with E-state index < -0.39 is 0 Å². The molecule has 0 aliphatic carbocycles. The number of benzene rings is 1. The largest absolute Gasteiger partial charge is 0.285 e. The van der Waals surface area contributed by atoms with Crippen LogP contribution in [0.5, 0.6) is 0 Å². The SMILES string of the molecule is CCc1ccc(Cc2cn[nH]c2)cc1. The monoisotopic (exact) mass is 186 g/mol. The summed E-state index contributed by atoms with van der Waals surface area (Å²) in [6, 6.07) is 8.75. The van der Waals surface area contributed by atoms with E-state index in [1.54, 1.807) is 0 Å². The molecule has 1 aromatic carbocycles. The van der Waals surface area contributed by atoms with E-state index in [2.05, 4.69) is 41.4 Å². The molecule has 2 nitrogen and oxygen atoms in total. The summed E-state index contributed by atoms with van der Waals surface area (Å²) in [5.74, 6) is 0. The van der Waals surface area contributed by atoms with Gasteiger partial charge in [0.05, 0.1) is 6.20 Å². The van der Waals surface area contributed by atoms with Crippen LogP contribution in [0.2, 0.25) is 0 Å². The molecule has 0 saturated heterocycles. The Morgan fingerprint density at radius 3 is 2.36 bits per heavy atom. The van der Waals surface area contributed by atoms with Gasteiger partial charge in [0.2, 0.25) is 0 Å². The van der Waals surface area contributed by atoms with E-state index in [0.29, 0.717) is 0 Å². The van der Waals surface area contributed by atoms with Gasteiger partial charge in [-0.1, -0.05) is 31.2 Å². The maximum Gasteiger partial charge on any atom is 0.0522 e. The highest BCUT2D eigenvalue weighted by Crippen LogP contribution is 2.09. The number of hydrogen-bond donors (Lipinski definition) is 1. The van der Waals surface area contributed by atoms with Crippen LogP contribution in [0.15, 0.2) is 36.7 Å². The molecule has 0 saturated carbocycles. The summed E-state index contributed by atoms with van der Waals surface area (Å²) in [5.41, 5.74) is 3.96. The first-order valence-electron chi connectivity index (χ1n) is 4.94. The zero-order chi connectivity index (χ0) is 9.80. The third-order valence-electron chi connectivity index (χ3n) is 2.39. The topological polar surface area (TPSA) is 28.7 Å². The second kappa shape index (κ2) is 4.09. The number of H-pyrrole nitrogens is 1. The smallest absolute Gasteiger partial charge is 0.0522 e. The Morgan fingerprint density at radius 2 is 1.79 bits per heavy atom. The van der Waals surface area contributed by atoms with Crippen molar-refractivity contribution in [2.24, 2.45) is 0 Å². The zero-order valence-corrected chi connectivity index (χ0v) is 8.33. The number of nitrogens with one attached hydrogen (secondary N) is 1. The van der Waals surface area contributed by atoms with Gasteiger partial charge in [-0.3, -0.25) is 5.10 Å². The van der Waals surface area contributed by atoms with Crippen molar-refractivity contribution in [2.45, 2.75) is 19.8 Å². The van der Waals surface area contributed by atoms with E-state index in [4.69, 9.17) is 0 Å². The van der Waals surface area contributed by atoms with Gasteiger partial charge in [-0.2, -0.15) is 5.10 Å². The first-order chi connectivity index (χ1) is 6.88. The van der Waals surface area contributed by atoms with Crippen molar-refractivity contribution in [3.05, 3.63) is 53.3 Å². The van der Waals surface area contributed by atoms with E-state index in [1.165, 1.54) is 16.7 Å². The molecule has 0 amide bonds. The molecule has 2 rings (SSSR count). The van der Waals surface area contributed by atoms with Crippen LogP contribution >= 0.6 is 0 Å². The third kappa shape index (κ3) is 2.02. The molecule has 2 aromatic rings. The highest BCUT2D eigenvalue weighted by Gasteiger charge is 1.96. The van der Waals surface area contributed by atoms with E-state index in [1.807, 2.05) is 12.4 Å². The molecule has 0 fully saturated rings. The number of nitrogens with zero attached hydrogens (tertiary/aromatic N) is 1. The molecule has 1 aromatic heterocycles.